The van der Waals surface area contributed by atoms with Crippen LogP contribution in [0.1, 0.15) is 33.6 Å². The van der Waals surface area contributed by atoms with E-state index in [4.69, 9.17) is 0 Å². The lowest BCUT2D eigenvalue weighted by atomic mass is 10.0. The number of rotatable bonds is 5. The van der Waals surface area contributed by atoms with Crippen LogP contribution in [-0.2, 0) is 14.8 Å². The molecule has 0 spiro atoms. The van der Waals surface area contributed by atoms with E-state index in [-0.39, 0.29) is 17.6 Å². The molecule has 5 nitrogen and oxygen atoms in total. The molecule has 0 aromatic heterocycles. The van der Waals surface area contributed by atoms with E-state index in [1.54, 1.807) is 11.8 Å². The van der Waals surface area contributed by atoms with Gasteiger partial charge in [-0.1, -0.05) is 13.8 Å². The Labute approximate surface area is 104 Å². The molecule has 0 aliphatic carbocycles. The largest absolute Gasteiger partial charge is 0.341 e. The first-order valence-electron chi connectivity index (χ1n) is 6.16. The van der Waals surface area contributed by atoms with Crippen LogP contribution in [0.25, 0.3) is 0 Å². The van der Waals surface area contributed by atoms with Crippen LogP contribution in [0.2, 0.25) is 0 Å². The van der Waals surface area contributed by atoms with Gasteiger partial charge in [-0.3, -0.25) is 4.79 Å². The van der Waals surface area contributed by atoms with E-state index in [0.717, 1.165) is 25.9 Å². The molecule has 100 valence electrons. The third-order valence-electron chi connectivity index (χ3n) is 3.04. The standard InChI is InChI=1S/C11H22N2O3S/c1-4-17(15,16)12-10(9(2)3)11(14)13-7-5-6-8-13/h9-10,12H,4-8H2,1-3H3/t10-/m1/s1. The average Bonchev–Trinajstić information content (AvgIpc) is 2.78. The molecule has 0 aromatic rings. The quantitative estimate of drug-likeness (QED) is 0.788. The molecule has 1 heterocycles. The lowest BCUT2D eigenvalue weighted by Gasteiger charge is -2.26. The maximum Gasteiger partial charge on any atom is 0.241 e. The van der Waals surface area contributed by atoms with Gasteiger partial charge in [0.2, 0.25) is 15.9 Å². The SMILES string of the molecule is CCS(=O)(=O)N[C@@H](C(=O)N1CCCC1)C(C)C. The minimum Gasteiger partial charge on any atom is -0.341 e. The predicted molar refractivity (Wildman–Crippen MR) is 67.0 cm³/mol. The fourth-order valence-corrected chi connectivity index (χ4v) is 2.81. The Hall–Kier alpha value is -0.620. The molecule has 1 aliphatic heterocycles. The number of carbonyl (C=O) groups excluding carboxylic acids is 1. The Morgan fingerprint density at radius 3 is 2.24 bits per heavy atom. The minimum atomic E-state index is -3.34. The van der Waals surface area contributed by atoms with Crippen LogP contribution in [0.5, 0.6) is 0 Å². The topological polar surface area (TPSA) is 66.5 Å². The highest BCUT2D eigenvalue weighted by Crippen LogP contribution is 2.13. The van der Waals surface area contributed by atoms with Crippen LogP contribution in [0.15, 0.2) is 0 Å². The number of nitrogens with one attached hydrogen (secondary N) is 1. The van der Waals surface area contributed by atoms with Crippen LogP contribution >= 0.6 is 0 Å². The van der Waals surface area contributed by atoms with E-state index in [1.807, 2.05) is 13.8 Å². The summed E-state index contributed by atoms with van der Waals surface area (Å²) >= 11 is 0. The van der Waals surface area contributed by atoms with Crippen molar-refractivity contribution in [2.24, 2.45) is 5.92 Å². The third kappa shape index (κ3) is 3.96. The van der Waals surface area contributed by atoms with Crippen molar-refractivity contribution in [2.75, 3.05) is 18.8 Å². The molecule has 0 saturated carbocycles. The first-order valence-corrected chi connectivity index (χ1v) is 7.81. The lowest BCUT2D eigenvalue weighted by molar-refractivity contribution is -0.132. The molecule has 1 aliphatic rings. The molecule has 0 bridgehead atoms. The van der Waals surface area contributed by atoms with Crippen LogP contribution in [-0.4, -0.2) is 44.1 Å². The Bertz CT molecular complexity index is 359. The van der Waals surface area contributed by atoms with Gasteiger partial charge in [0.15, 0.2) is 0 Å². The van der Waals surface area contributed by atoms with E-state index in [1.165, 1.54) is 0 Å². The Balaban J connectivity index is 2.75. The van der Waals surface area contributed by atoms with Crippen molar-refractivity contribution in [3.05, 3.63) is 0 Å². The summed E-state index contributed by atoms with van der Waals surface area (Å²) in [5, 5.41) is 0. The summed E-state index contributed by atoms with van der Waals surface area (Å²) in [6, 6.07) is -0.627. The first-order chi connectivity index (χ1) is 7.87. The smallest absolute Gasteiger partial charge is 0.241 e. The molecule has 1 saturated heterocycles. The van der Waals surface area contributed by atoms with Crippen molar-refractivity contribution in [3.63, 3.8) is 0 Å². The summed E-state index contributed by atoms with van der Waals surface area (Å²) in [6.07, 6.45) is 2.02. The van der Waals surface area contributed by atoms with Crippen molar-refractivity contribution in [2.45, 2.75) is 39.7 Å². The van der Waals surface area contributed by atoms with Gasteiger partial charge in [0, 0.05) is 13.1 Å². The number of nitrogens with zero attached hydrogens (tertiary/aromatic N) is 1. The molecular formula is C11H22N2O3S. The van der Waals surface area contributed by atoms with E-state index in [0.29, 0.717) is 0 Å². The molecule has 17 heavy (non-hydrogen) atoms. The van der Waals surface area contributed by atoms with E-state index < -0.39 is 16.1 Å². The first kappa shape index (κ1) is 14.4. The highest BCUT2D eigenvalue weighted by molar-refractivity contribution is 7.89. The van der Waals surface area contributed by atoms with Crippen molar-refractivity contribution in [3.8, 4) is 0 Å². The second-order valence-corrected chi connectivity index (χ2v) is 6.82. The van der Waals surface area contributed by atoms with Crippen LogP contribution in [0.4, 0.5) is 0 Å². The van der Waals surface area contributed by atoms with Crippen molar-refractivity contribution in [1.82, 2.24) is 9.62 Å². The fraction of sp³-hybridized carbons (Fsp3) is 0.909. The van der Waals surface area contributed by atoms with E-state index in [2.05, 4.69) is 4.72 Å². The Morgan fingerprint density at radius 2 is 1.82 bits per heavy atom. The molecule has 1 rings (SSSR count). The van der Waals surface area contributed by atoms with Gasteiger partial charge in [0.05, 0.1) is 5.75 Å². The molecule has 1 atom stereocenters. The predicted octanol–water partition coefficient (Wildman–Crippen LogP) is 0.573. The zero-order valence-corrected chi connectivity index (χ0v) is 11.6. The van der Waals surface area contributed by atoms with Crippen LogP contribution < -0.4 is 4.72 Å². The average molecular weight is 262 g/mol. The van der Waals surface area contributed by atoms with Gasteiger partial charge in [-0.15, -0.1) is 0 Å². The number of sulfonamides is 1. The molecule has 1 fully saturated rings. The number of likely N-dealkylation sites (tertiary alicyclic amines) is 1. The number of hydrogen-bond acceptors (Lipinski definition) is 3. The summed E-state index contributed by atoms with van der Waals surface area (Å²) in [5.41, 5.74) is 0. The Kier molecular flexibility index (Phi) is 4.94. The van der Waals surface area contributed by atoms with Crippen molar-refractivity contribution < 1.29 is 13.2 Å². The summed E-state index contributed by atoms with van der Waals surface area (Å²) in [4.78, 5) is 13.9. The van der Waals surface area contributed by atoms with E-state index >= 15 is 0 Å². The second-order valence-electron chi connectivity index (χ2n) is 4.78. The third-order valence-corrected chi connectivity index (χ3v) is 4.41. The second kappa shape index (κ2) is 5.82. The molecule has 0 aromatic carbocycles. The van der Waals surface area contributed by atoms with Gasteiger partial charge in [-0.05, 0) is 25.7 Å². The minimum absolute atomic E-state index is 0.00347. The molecule has 1 amide bonds. The van der Waals surface area contributed by atoms with Gasteiger partial charge < -0.3 is 4.90 Å². The van der Waals surface area contributed by atoms with E-state index in [9.17, 15) is 13.2 Å². The van der Waals surface area contributed by atoms with Crippen LogP contribution in [0.3, 0.4) is 0 Å². The van der Waals surface area contributed by atoms with Crippen molar-refractivity contribution in [1.29, 1.82) is 0 Å². The summed E-state index contributed by atoms with van der Waals surface area (Å²) in [6.45, 7) is 6.78. The fourth-order valence-electron chi connectivity index (χ4n) is 1.88. The summed E-state index contributed by atoms with van der Waals surface area (Å²) in [5.74, 6) is -0.122. The Morgan fingerprint density at radius 1 is 1.29 bits per heavy atom. The monoisotopic (exact) mass is 262 g/mol. The zero-order chi connectivity index (χ0) is 13.1. The number of amides is 1. The normalized spacial score (nSPS) is 18.7. The number of carbonyl (C=O) groups is 1. The number of hydrogen-bond donors (Lipinski definition) is 1. The maximum absolute atomic E-state index is 12.2. The molecule has 0 unspecified atom stereocenters. The van der Waals surface area contributed by atoms with Gasteiger partial charge >= 0.3 is 0 Å². The molecule has 1 N–H and O–H groups in total. The molecule has 0 radical (unpaired) electrons. The highest BCUT2D eigenvalue weighted by atomic mass is 32.2. The van der Waals surface area contributed by atoms with Gasteiger partial charge in [0.1, 0.15) is 6.04 Å². The van der Waals surface area contributed by atoms with Crippen molar-refractivity contribution >= 4 is 15.9 Å². The van der Waals surface area contributed by atoms with Gasteiger partial charge in [-0.25, -0.2) is 13.1 Å². The summed E-state index contributed by atoms with van der Waals surface area (Å²) in [7, 11) is -3.34. The summed E-state index contributed by atoms with van der Waals surface area (Å²) < 4.78 is 25.6. The van der Waals surface area contributed by atoms with Gasteiger partial charge in [-0.2, -0.15) is 0 Å². The molecular weight excluding hydrogens is 240 g/mol. The molecule has 6 heteroatoms. The highest BCUT2D eigenvalue weighted by Gasteiger charge is 2.31. The maximum atomic E-state index is 12.2. The lowest BCUT2D eigenvalue weighted by Crippen LogP contribution is -2.50. The van der Waals surface area contributed by atoms with Crippen LogP contribution in [0, 0.1) is 5.92 Å². The van der Waals surface area contributed by atoms with Gasteiger partial charge in [0.25, 0.3) is 0 Å². The zero-order valence-electron chi connectivity index (χ0n) is 10.8.